The molecule has 2 rings (SSSR count). The Bertz CT molecular complexity index is 748. The molecule has 1 heterocycles. The van der Waals surface area contributed by atoms with Crippen molar-refractivity contribution >= 4 is 40.0 Å². The first-order valence-electron chi connectivity index (χ1n) is 9.93. The van der Waals surface area contributed by atoms with E-state index in [9.17, 15) is 8.42 Å². The lowest BCUT2D eigenvalue weighted by atomic mass is 10.1. The van der Waals surface area contributed by atoms with Crippen LogP contribution in [0.25, 0.3) is 0 Å². The summed E-state index contributed by atoms with van der Waals surface area (Å²) in [6.07, 6.45) is 0.969. The fraction of sp³-hybridized carbons (Fsp3) is 0.650. The number of benzene rings is 1. The molecule has 0 bridgehead atoms. The number of rotatable bonds is 8. The molecule has 1 aliphatic rings. The lowest BCUT2D eigenvalue weighted by Crippen LogP contribution is -2.54. The highest BCUT2D eigenvalue weighted by Gasteiger charge is 2.27. The van der Waals surface area contributed by atoms with E-state index < -0.39 is 10.0 Å². The Balaban J connectivity index is 0.00000420. The van der Waals surface area contributed by atoms with Crippen LogP contribution in [0.3, 0.4) is 0 Å². The molecule has 9 heteroatoms. The van der Waals surface area contributed by atoms with Gasteiger partial charge in [0.1, 0.15) is 0 Å². The van der Waals surface area contributed by atoms with Gasteiger partial charge in [-0.05, 0) is 38.3 Å². The minimum atomic E-state index is -3.27. The molecule has 0 spiro atoms. The van der Waals surface area contributed by atoms with Crippen molar-refractivity contribution < 1.29 is 13.2 Å². The summed E-state index contributed by atoms with van der Waals surface area (Å²) in [5.41, 5.74) is 2.62. The number of nitrogens with one attached hydrogen (secondary N) is 1. The molecule has 1 aromatic carbocycles. The van der Waals surface area contributed by atoms with E-state index in [4.69, 9.17) is 4.74 Å². The maximum Gasteiger partial charge on any atom is 0.216 e. The molecule has 1 fully saturated rings. The Morgan fingerprint density at radius 2 is 1.86 bits per heavy atom. The van der Waals surface area contributed by atoms with Gasteiger partial charge in [-0.1, -0.05) is 24.3 Å². The number of piperazine rings is 1. The molecule has 0 amide bonds. The zero-order valence-corrected chi connectivity index (χ0v) is 21.1. The van der Waals surface area contributed by atoms with E-state index >= 15 is 0 Å². The molecule has 0 radical (unpaired) electrons. The zero-order chi connectivity index (χ0) is 20.6. The first kappa shape index (κ1) is 26.1. The van der Waals surface area contributed by atoms with Gasteiger partial charge in [0.05, 0.1) is 18.5 Å². The summed E-state index contributed by atoms with van der Waals surface area (Å²) in [6, 6.07) is 8.37. The maximum atomic E-state index is 12.5. The SMILES string of the molecule is CN=C(NCCc1ccccc1C)N1CCN(S(=O)(=O)CCOC(C)C)CC1.I. The van der Waals surface area contributed by atoms with E-state index in [-0.39, 0.29) is 42.4 Å². The van der Waals surface area contributed by atoms with Gasteiger partial charge in [0.25, 0.3) is 0 Å². The predicted octanol–water partition coefficient (Wildman–Crippen LogP) is 2.10. The number of ether oxygens (including phenoxy) is 1. The Hall–Kier alpha value is -0.910. The zero-order valence-electron chi connectivity index (χ0n) is 17.9. The number of guanidine groups is 1. The largest absolute Gasteiger partial charge is 0.378 e. The van der Waals surface area contributed by atoms with Crippen LogP contribution >= 0.6 is 24.0 Å². The second-order valence-corrected chi connectivity index (χ2v) is 9.36. The molecule has 1 saturated heterocycles. The molecule has 0 atom stereocenters. The van der Waals surface area contributed by atoms with Crippen LogP contribution in [-0.4, -0.2) is 81.8 Å². The maximum absolute atomic E-state index is 12.5. The fourth-order valence-electron chi connectivity index (χ4n) is 3.23. The van der Waals surface area contributed by atoms with E-state index in [1.807, 2.05) is 19.9 Å². The number of nitrogens with zero attached hydrogens (tertiary/aromatic N) is 3. The van der Waals surface area contributed by atoms with Crippen molar-refractivity contribution in [2.75, 3.05) is 52.1 Å². The van der Waals surface area contributed by atoms with Crippen LogP contribution in [0.15, 0.2) is 29.3 Å². The second-order valence-electron chi connectivity index (χ2n) is 7.27. The van der Waals surface area contributed by atoms with Gasteiger partial charge in [-0.3, -0.25) is 4.99 Å². The van der Waals surface area contributed by atoms with Gasteiger partial charge in [-0.15, -0.1) is 24.0 Å². The Morgan fingerprint density at radius 1 is 1.21 bits per heavy atom. The number of sulfonamides is 1. The summed E-state index contributed by atoms with van der Waals surface area (Å²) in [5.74, 6) is 0.864. The molecule has 29 heavy (non-hydrogen) atoms. The molecule has 1 aliphatic heterocycles. The smallest absolute Gasteiger partial charge is 0.216 e. The molecule has 0 aliphatic carbocycles. The molecule has 0 aromatic heterocycles. The minimum absolute atomic E-state index is 0. The van der Waals surface area contributed by atoms with E-state index in [0.29, 0.717) is 26.2 Å². The van der Waals surface area contributed by atoms with Crippen molar-refractivity contribution in [2.24, 2.45) is 4.99 Å². The lowest BCUT2D eigenvalue weighted by Gasteiger charge is -2.35. The van der Waals surface area contributed by atoms with E-state index in [1.165, 1.54) is 11.1 Å². The third kappa shape index (κ3) is 8.39. The fourth-order valence-corrected chi connectivity index (χ4v) is 4.51. The molecule has 0 unspecified atom stereocenters. The number of halogens is 1. The van der Waals surface area contributed by atoms with Gasteiger partial charge in [0.2, 0.25) is 10.0 Å². The van der Waals surface area contributed by atoms with E-state index in [1.54, 1.807) is 11.4 Å². The summed E-state index contributed by atoms with van der Waals surface area (Å²) in [6.45, 7) is 9.18. The standard InChI is InChI=1S/C20H34N4O3S.HI/c1-17(2)27-15-16-28(25,26)24-13-11-23(12-14-24)20(21-4)22-10-9-19-8-6-5-7-18(19)3;/h5-8,17H,9-16H2,1-4H3,(H,21,22);1H. The molecular weight excluding hydrogens is 503 g/mol. The summed E-state index contributed by atoms with van der Waals surface area (Å²) in [4.78, 5) is 6.48. The van der Waals surface area contributed by atoms with Crippen molar-refractivity contribution in [1.82, 2.24) is 14.5 Å². The van der Waals surface area contributed by atoms with Gasteiger partial charge in [-0.2, -0.15) is 4.31 Å². The van der Waals surface area contributed by atoms with Crippen molar-refractivity contribution in [2.45, 2.75) is 33.3 Å². The molecule has 7 nitrogen and oxygen atoms in total. The number of hydrogen-bond acceptors (Lipinski definition) is 4. The number of hydrogen-bond donors (Lipinski definition) is 1. The molecule has 1 aromatic rings. The summed E-state index contributed by atoms with van der Waals surface area (Å²) < 4.78 is 31.9. The Labute approximate surface area is 193 Å². The molecule has 1 N–H and O–H groups in total. The highest BCUT2D eigenvalue weighted by Crippen LogP contribution is 2.10. The average Bonchev–Trinajstić information content (AvgIpc) is 2.66. The van der Waals surface area contributed by atoms with Crippen LogP contribution in [0.4, 0.5) is 0 Å². The summed E-state index contributed by atoms with van der Waals surface area (Å²) in [5, 5.41) is 3.40. The first-order valence-corrected chi connectivity index (χ1v) is 11.5. The Kier molecular flexibility index (Phi) is 11.4. The predicted molar refractivity (Wildman–Crippen MR) is 130 cm³/mol. The third-order valence-corrected chi connectivity index (χ3v) is 6.71. The van der Waals surface area contributed by atoms with Gasteiger partial charge in [-0.25, -0.2) is 8.42 Å². The van der Waals surface area contributed by atoms with Crippen LogP contribution < -0.4 is 5.32 Å². The minimum Gasteiger partial charge on any atom is -0.378 e. The van der Waals surface area contributed by atoms with Gasteiger partial charge in [0.15, 0.2) is 5.96 Å². The van der Waals surface area contributed by atoms with Crippen LogP contribution in [0, 0.1) is 6.92 Å². The third-order valence-electron chi connectivity index (χ3n) is 4.87. The van der Waals surface area contributed by atoms with Crippen molar-refractivity contribution in [1.29, 1.82) is 0 Å². The average molecular weight is 538 g/mol. The molecule has 0 saturated carbocycles. The molecule has 166 valence electrons. The quantitative estimate of drug-likeness (QED) is 0.312. The topological polar surface area (TPSA) is 74.2 Å². The lowest BCUT2D eigenvalue weighted by molar-refractivity contribution is 0.0904. The highest BCUT2D eigenvalue weighted by atomic mass is 127. The first-order chi connectivity index (χ1) is 13.3. The van der Waals surface area contributed by atoms with Gasteiger partial charge in [0, 0.05) is 39.8 Å². The highest BCUT2D eigenvalue weighted by molar-refractivity contribution is 14.0. The van der Waals surface area contributed by atoms with Crippen LogP contribution in [-0.2, 0) is 21.2 Å². The van der Waals surface area contributed by atoms with Crippen LogP contribution in [0.5, 0.6) is 0 Å². The van der Waals surface area contributed by atoms with Crippen molar-refractivity contribution in [3.05, 3.63) is 35.4 Å². The van der Waals surface area contributed by atoms with Gasteiger partial charge >= 0.3 is 0 Å². The van der Waals surface area contributed by atoms with Crippen LogP contribution in [0.2, 0.25) is 0 Å². The number of aryl methyl sites for hydroxylation is 1. The van der Waals surface area contributed by atoms with Gasteiger partial charge < -0.3 is 15.0 Å². The summed E-state index contributed by atoms with van der Waals surface area (Å²) in [7, 11) is -1.50. The monoisotopic (exact) mass is 538 g/mol. The van der Waals surface area contributed by atoms with E-state index in [2.05, 4.69) is 40.3 Å². The number of aliphatic imine (C=N–C) groups is 1. The second kappa shape index (κ2) is 12.7. The van der Waals surface area contributed by atoms with Crippen molar-refractivity contribution in [3.8, 4) is 0 Å². The normalized spacial score (nSPS) is 16.0. The molecular formula is C20H35IN4O3S. The van der Waals surface area contributed by atoms with E-state index in [0.717, 1.165) is 18.9 Å². The Morgan fingerprint density at radius 3 is 2.45 bits per heavy atom. The van der Waals surface area contributed by atoms with Crippen LogP contribution in [0.1, 0.15) is 25.0 Å². The summed E-state index contributed by atoms with van der Waals surface area (Å²) >= 11 is 0. The van der Waals surface area contributed by atoms with Crippen molar-refractivity contribution in [3.63, 3.8) is 0 Å².